The van der Waals surface area contributed by atoms with Gasteiger partial charge in [-0.3, -0.25) is 19.6 Å². The number of benzene rings is 1. The van der Waals surface area contributed by atoms with Crippen LogP contribution >= 0.6 is 0 Å². The van der Waals surface area contributed by atoms with Gasteiger partial charge in [0.1, 0.15) is 5.56 Å². The van der Waals surface area contributed by atoms with E-state index in [1.165, 1.54) is 44.1 Å². The van der Waals surface area contributed by atoms with E-state index >= 15 is 0 Å². The van der Waals surface area contributed by atoms with E-state index in [9.17, 15) is 24.8 Å². The van der Waals surface area contributed by atoms with Gasteiger partial charge in [0.25, 0.3) is 11.6 Å². The molecule has 2 rings (SSSR count). The maximum Gasteiger partial charge on any atom is 0.331 e. The highest BCUT2D eigenvalue weighted by atomic mass is 16.6. The summed E-state index contributed by atoms with van der Waals surface area (Å²) in [6.07, 6.45) is 2.58. The number of carboxylic acids is 1. The average molecular weight is 392 g/mol. The topological polar surface area (TPSA) is 146 Å². The summed E-state index contributed by atoms with van der Waals surface area (Å²) in [6, 6.07) is 2.33. The Labute approximate surface area is 160 Å². The SMILES string of the molecule is CCOc1cc(C(=O)Nc2cnn(C(C)(C)C(=O)O)c2)c([N+](=O)[O-])cc1OC. The second-order valence-electron chi connectivity index (χ2n) is 6.20. The van der Waals surface area contributed by atoms with Crippen LogP contribution in [0.1, 0.15) is 31.1 Å². The van der Waals surface area contributed by atoms with Crippen LogP contribution in [0.25, 0.3) is 0 Å². The van der Waals surface area contributed by atoms with Crippen molar-refractivity contribution in [3.8, 4) is 11.5 Å². The van der Waals surface area contributed by atoms with Crippen molar-refractivity contribution in [1.29, 1.82) is 0 Å². The molecule has 0 saturated heterocycles. The van der Waals surface area contributed by atoms with Crippen molar-refractivity contribution in [2.45, 2.75) is 26.3 Å². The summed E-state index contributed by atoms with van der Waals surface area (Å²) in [5, 5.41) is 27.0. The van der Waals surface area contributed by atoms with Crippen molar-refractivity contribution in [2.24, 2.45) is 0 Å². The number of nitrogens with one attached hydrogen (secondary N) is 1. The number of amides is 1. The van der Waals surface area contributed by atoms with E-state index in [4.69, 9.17) is 9.47 Å². The van der Waals surface area contributed by atoms with Crippen LogP contribution in [0.2, 0.25) is 0 Å². The zero-order valence-corrected chi connectivity index (χ0v) is 15.8. The quantitative estimate of drug-likeness (QED) is 0.514. The van der Waals surface area contributed by atoms with E-state index < -0.39 is 28.0 Å². The number of nitrogens with zero attached hydrogens (tertiary/aromatic N) is 3. The number of carbonyl (C=O) groups excluding carboxylic acids is 1. The molecule has 11 nitrogen and oxygen atoms in total. The molecular formula is C17H20N4O7. The molecule has 28 heavy (non-hydrogen) atoms. The zero-order chi connectivity index (χ0) is 21.1. The fourth-order valence-corrected chi connectivity index (χ4v) is 2.30. The molecular weight excluding hydrogens is 372 g/mol. The monoisotopic (exact) mass is 392 g/mol. The number of hydrogen-bond donors (Lipinski definition) is 2. The highest BCUT2D eigenvalue weighted by Gasteiger charge is 2.31. The number of methoxy groups -OCH3 is 1. The molecule has 1 aromatic carbocycles. The molecule has 0 aliphatic carbocycles. The van der Waals surface area contributed by atoms with Crippen LogP contribution in [0.5, 0.6) is 11.5 Å². The minimum atomic E-state index is -1.34. The maximum atomic E-state index is 12.6. The lowest BCUT2D eigenvalue weighted by Gasteiger charge is -2.19. The normalized spacial score (nSPS) is 11.0. The van der Waals surface area contributed by atoms with E-state index in [0.29, 0.717) is 0 Å². The van der Waals surface area contributed by atoms with Gasteiger partial charge in [0.2, 0.25) is 0 Å². The number of nitro groups is 1. The van der Waals surface area contributed by atoms with Gasteiger partial charge < -0.3 is 19.9 Å². The van der Waals surface area contributed by atoms with Crippen molar-refractivity contribution in [3.63, 3.8) is 0 Å². The number of aromatic nitrogens is 2. The molecule has 1 amide bonds. The van der Waals surface area contributed by atoms with E-state index in [2.05, 4.69) is 10.4 Å². The predicted molar refractivity (Wildman–Crippen MR) is 98.0 cm³/mol. The minimum absolute atomic E-state index is 0.126. The summed E-state index contributed by atoms with van der Waals surface area (Å²) in [7, 11) is 1.33. The highest BCUT2D eigenvalue weighted by Crippen LogP contribution is 2.35. The Morgan fingerprint density at radius 1 is 1.36 bits per heavy atom. The fourth-order valence-electron chi connectivity index (χ4n) is 2.30. The van der Waals surface area contributed by atoms with Crippen LogP contribution in [-0.2, 0) is 10.3 Å². The lowest BCUT2D eigenvalue weighted by atomic mass is 10.1. The first kappa shape index (κ1) is 20.7. The summed E-state index contributed by atoms with van der Waals surface area (Å²) >= 11 is 0. The number of carboxylic acid groups (broad SMARTS) is 1. The first-order valence-corrected chi connectivity index (χ1v) is 8.20. The van der Waals surface area contributed by atoms with E-state index in [1.54, 1.807) is 6.92 Å². The average Bonchev–Trinajstić information content (AvgIpc) is 3.10. The fraction of sp³-hybridized carbons (Fsp3) is 0.353. The molecule has 11 heteroatoms. The summed E-state index contributed by atoms with van der Waals surface area (Å²) in [6.45, 7) is 4.87. The van der Waals surface area contributed by atoms with Crippen LogP contribution in [-0.4, -0.2) is 45.4 Å². The first-order chi connectivity index (χ1) is 13.1. The molecule has 1 heterocycles. The minimum Gasteiger partial charge on any atom is -0.493 e. The standard InChI is InChI=1S/C17H20N4O7/c1-5-28-14-6-11(12(21(25)26)7-13(14)27-4)15(22)19-10-8-18-20(9-10)17(2,3)16(23)24/h6-9H,5H2,1-4H3,(H,19,22)(H,23,24). The summed E-state index contributed by atoms with van der Waals surface area (Å²) in [4.78, 5) is 34.6. The lowest BCUT2D eigenvalue weighted by Crippen LogP contribution is -2.35. The van der Waals surface area contributed by atoms with Gasteiger partial charge >= 0.3 is 5.97 Å². The Hall–Kier alpha value is -3.63. The van der Waals surface area contributed by atoms with Gasteiger partial charge in [-0.05, 0) is 20.8 Å². The third kappa shape index (κ3) is 4.03. The smallest absolute Gasteiger partial charge is 0.331 e. The van der Waals surface area contributed by atoms with E-state index in [1.807, 2.05) is 0 Å². The Balaban J connectivity index is 2.38. The summed E-state index contributed by atoms with van der Waals surface area (Å²) < 4.78 is 11.6. The van der Waals surface area contributed by atoms with Gasteiger partial charge in [-0.15, -0.1) is 0 Å². The first-order valence-electron chi connectivity index (χ1n) is 8.20. The molecule has 0 saturated carbocycles. The second kappa shape index (κ2) is 7.94. The van der Waals surface area contributed by atoms with Gasteiger partial charge in [-0.25, -0.2) is 4.79 Å². The number of hydrogen-bond acceptors (Lipinski definition) is 7. The zero-order valence-electron chi connectivity index (χ0n) is 15.8. The molecule has 0 unspecified atom stereocenters. The second-order valence-corrected chi connectivity index (χ2v) is 6.20. The number of anilines is 1. The lowest BCUT2D eigenvalue weighted by molar-refractivity contribution is -0.385. The summed E-state index contributed by atoms with van der Waals surface area (Å²) in [5.74, 6) is -1.58. The van der Waals surface area contributed by atoms with Gasteiger partial charge in [0, 0.05) is 12.3 Å². The number of ether oxygens (including phenoxy) is 2. The number of rotatable bonds is 8. The molecule has 0 atom stereocenters. The molecule has 150 valence electrons. The highest BCUT2D eigenvalue weighted by molar-refractivity contribution is 6.07. The van der Waals surface area contributed by atoms with Crippen molar-refractivity contribution in [2.75, 3.05) is 19.0 Å². The Kier molecular flexibility index (Phi) is 5.87. The molecule has 0 aliphatic rings. The van der Waals surface area contributed by atoms with Gasteiger partial charge in [0.15, 0.2) is 17.0 Å². The van der Waals surface area contributed by atoms with Crippen LogP contribution in [0.3, 0.4) is 0 Å². The van der Waals surface area contributed by atoms with E-state index in [-0.39, 0.29) is 29.4 Å². The predicted octanol–water partition coefficient (Wildman–Crippen LogP) is 2.27. The molecule has 2 N–H and O–H groups in total. The van der Waals surface area contributed by atoms with Crippen molar-refractivity contribution in [1.82, 2.24) is 9.78 Å². The summed E-state index contributed by atoms with van der Waals surface area (Å²) in [5.41, 5.74) is -1.85. The van der Waals surface area contributed by atoms with Crippen LogP contribution < -0.4 is 14.8 Å². The van der Waals surface area contributed by atoms with Crippen LogP contribution in [0.15, 0.2) is 24.5 Å². The molecule has 2 aromatic rings. The molecule has 0 aliphatic heterocycles. The Bertz CT molecular complexity index is 920. The van der Waals surface area contributed by atoms with Crippen molar-refractivity contribution < 1.29 is 29.1 Å². The van der Waals surface area contributed by atoms with Gasteiger partial charge in [-0.2, -0.15) is 5.10 Å². The molecule has 0 bridgehead atoms. The maximum absolute atomic E-state index is 12.6. The van der Waals surface area contributed by atoms with Crippen molar-refractivity contribution >= 4 is 23.3 Å². The Morgan fingerprint density at radius 2 is 2.04 bits per heavy atom. The molecule has 0 spiro atoms. The van der Waals surface area contributed by atoms with E-state index in [0.717, 1.165) is 6.07 Å². The van der Waals surface area contributed by atoms with Gasteiger partial charge in [-0.1, -0.05) is 0 Å². The third-order valence-corrected chi connectivity index (χ3v) is 3.96. The largest absolute Gasteiger partial charge is 0.493 e. The van der Waals surface area contributed by atoms with Crippen LogP contribution in [0.4, 0.5) is 11.4 Å². The van der Waals surface area contributed by atoms with Gasteiger partial charge in [0.05, 0.1) is 36.6 Å². The third-order valence-electron chi connectivity index (χ3n) is 3.96. The molecule has 1 aromatic heterocycles. The Morgan fingerprint density at radius 3 is 2.57 bits per heavy atom. The van der Waals surface area contributed by atoms with Crippen molar-refractivity contribution in [3.05, 3.63) is 40.2 Å². The van der Waals surface area contributed by atoms with Crippen LogP contribution in [0, 0.1) is 10.1 Å². The molecule has 0 radical (unpaired) electrons. The number of aliphatic carboxylic acids is 1. The number of carbonyl (C=O) groups is 2. The number of nitro benzene ring substituents is 1. The molecule has 0 fully saturated rings.